The van der Waals surface area contributed by atoms with E-state index in [2.05, 4.69) is 43.9 Å². The van der Waals surface area contributed by atoms with Crippen LogP contribution in [0.15, 0.2) is 36.5 Å². The molecule has 1 aromatic heterocycles. The summed E-state index contributed by atoms with van der Waals surface area (Å²) in [4.78, 5) is 16.5. The highest BCUT2D eigenvalue weighted by atomic mass is 16.3. The topological polar surface area (TPSA) is 55.7 Å². The van der Waals surface area contributed by atoms with Gasteiger partial charge in [-0.1, -0.05) is 18.2 Å². The predicted molar refractivity (Wildman–Crippen MR) is 99.5 cm³/mol. The molecule has 25 heavy (non-hydrogen) atoms. The summed E-state index contributed by atoms with van der Waals surface area (Å²) >= 11 is 0. The van der Waals surface area contributed by atoms with Crippen molar-refractivity contribution in [3.63, 3.8) is 0 Å². The highest BCUT2D eigenvalue weighted by Crippen LogP contribution is 2.33. The average Bonchev–Trinajstić information content (AvgIpc) is 3.10. The van der Waals surface area contributed by atoms with Gasteiger partial charge in [0.05, 0.1) is 17.6 Å². The summed E-state index contributed by atoms with van der Waals surface area (Å²) in [5.74, 6) is 0.857. The number of rotatable bonds is 5. The molecule has 1 fully saturated rings. The minimum atomic E-state index is 0.270. The van der Waals surface area contributed by atoms with Crippen LogP contribution in [0.25, 0.3) is 0 Å². The van der Waals surface area contributed by atoms with Crippen molar-refractivity contribution in [3.05, 3.63) is 42.2 Å². The van der Waals surface area contributed by atoms with Gasteiger partial charge in [-0.05, 0) is 18.6 Å². The lowest BCUT2D eigenvalue weighted by atomic mass is 10.3. The van der Waals surface area contributed by atoms with Crippen LogP contribution in [0, 0.1) is 0 Å². The van der Waals surface area contributed by atoms with Crippen LogP contribution >= 0.6 is 0 Å². The third-order valence-corrected chi connectivity index (χ3v) is 5.05. The first kappa shape index (κ1) is 16.3. The molecule has 1 N–H and O–H groups in total. The number of para-hydroxylation sites is 1. The number of nitrogens with zero attached hydrogens (tertiary/aromatic N) is 5. The Balaban J connectivity index is 1.44. The Bertz CT molecular complexity index is 700. The van der Waals surface area contributed by atoms with Gasteiger partial charge in [-0.3, -0.25) is 4.90 Å². The van der Waals surface area contributed by atoms with Crippen molar-refractivity contribution in [2.24, 2.45) is 0 Å². The van der Waals surface area contributed by atoms with Gasteiger partial charge in [0.15, 0.2) is 0 Å². The molecule has 0 amide bonds. The minimum absolute atomic E-state index is 0.270. The molecule has 0 radical (unpaired) electrons. The van der Waals surface area contributed by atoms with E-state index in [4.69, 9.17) is 10.1 Å². The molecule has 1 saturated heterocycles. The fourth-order valence-electron chi connectivity index (χ4n) is 3.64. The van der Waals surface area contributed by atoms with Crippen LogP contribution in [-0.2, 0) is 6.42 Å². The molecular formula is C19H25N5O. The normalized spacial score (nSPS) is 17.8. The van der Waals surface area contributed by atoms with E-state index in [0.717, 1.165) is 69.4 Å². The number of benzene rings is 1. The van der Waals surface area contributed by atoms with Crippen molar-refractivity contribution in [3.8, 4) is 0 Å². The third kappa shape index (κ3) is 3.45. The lowest BCUT2D eigenvalue weighted by Gasteiger charge is -2.34. The van der Waals surface area contributed by atoms with E-state index in [1.54, 1.807) is 0 Å². The first-order valence-electron chi connectivity index (χ1n) is 9.12. The molecule has 0 unspecified atom stereocenters. The minimum Gasteiger partial charge on any atom is -0.396 e. The van der Waals surface area contributed by atoms with Crippen LogP contribution in [0.1, 0.15) is 12.1 Å². The maximum atomic E-state index is 8.96. The van der Waals surface area contributed by atoms with E-state index in [9.17, 15) is 0 Å². The Kier molecular flexibility index (Phi) is 4.81. The van der Waals surface area contributed by atoms with E-state index in [0.29, 0.717) is 0 Å². The summed E-state index contributed by atoms with van der Waals surface area (Å²) in [6.07, 6.45) is 3.80. The largest absolute Gasteiger partial charge is 0.396 e. The Hall–Kier alpha value is -2.18. The van der Waals surface area contributed by atoms with Gasteiger partial charge < -0.3 is 14.9 Å². The van der Waals surface area contributed by atoms with Crippen molar-refractivity contribution >= 4 is 17.3 Å². The van der Waals surface area contributed by atoms with Crippen LogP contribution in [0.3, 0.4) is 0 Å². The van der Waals surface area contributed by atoms with Gasteiger partial charge >= 0.3 is 0 Å². The Morgan fingerprint density at radius 1 is 1.00 bits per heavy atom. The van der Waals surface area contributed by atoms with E-state index < -0.39 is 0 Å². The zero-order valence-corrected chi connectivity index (χ0v) is 14.5. The molecule has 0 spiro atoms. The second-order valence-electron chi connectivity index (χ2n) is 6.64. The van der Waals surface area contributed by atoms with Gasteiger partial charge in [-0.25, -0.2) is 9.97 Å². The van der Waals surface area contributed by atoms with E-state index in [-0.39, 0.29) is 6.61 Å². The Labute approximate surface area is 148 Å². The first-order chi connectivity index (χ1) is 12.3. The molecule has 2 aromatic rings. The first-order valence-corrected chi connectivity index (χ1v) is 9.12. The second-order valence-corrected chi connectivity index (χ2v) is 6.64. The standard InChI is InChI=1S/C19H25N5O/c25-14-4-8-22-10-12-23(13-11-22)19-20-15-18-17(21-19)7-9-24(18)16-5-2-1-3-6-16/h1-3,5-6,15,25H,4,7-14H2. The number of hydrogen-bond acceptors (Lipinski definition) is 6. The lowest BCUT2D eigenvalue weighted by Crippen LogP contribution is -2.47. The van der Waals surface area contributed by atoms with E-state index in [1.807, 2.05) is 12.3 Å². The molecule has 0 aliphatic carbocycles. The zero-order valence-electron chi connectivity index (χ0n) is 14.5. The molecule has 132 valence electrons. The summed E-state index contributed by atoms with van der Waals surface area (Å²) in [6.45, 7) is 6.13. The predicted octanol–water partition coefficient (Wildman–Crippen LogP) is 1.68. The van der Waals surface area contributed by atoms with E-state index in [1.165, 1.54) is 5.69 Å². The van der Waals surface area contributed by atoms with Crippen LogP contribution < -0.4 is 9.80 Å². The molecule has 6 heteroatoms. The van der Waals surface area contributed by atoms with E-state index >= 15 is 0 Å². The van der Waals surface area contributed by atoms with Crippen molar-refractivity contribution < 1.29 is 5.11 Å². The van der Waals surface area contributed by atoms with Crippen molar-refractivity contribution in [2.45, 2.75) is 12.8 Å². The second kappa shape index (κ2) is 7.37. The molecular weight excluding hydrogens is 314 g/mol. The number of hydrogen-bond donors (Lipinski definition) is 1. The summed E-state index contributed by atoms with van der Waals surface area (Å²) < 4.78 is 0. The zero-order chi connectivity index (χ0) is 17.1. The van der Waals surface area contributed by atoms with Gasteiger partial charge in [0, 0.05) is 58.0 Å². The molecule has 1 aromatic carbocycles. The fourth-order valence-corrected chi connectivity index (χ4v) is 3.64. The smallest absolute Gasteiger partial charge is 0.225 e. The highest BCUT2D eigenvalue weighted by Gasteiger charge is 2.25. The molecule has 0 bridgehead atoms. The highest BCUT2D eigenvalue weighted by molar-refractivity contribution is 5.68. The molecule has 2 aliphatic rings. The van der Waals surface area contributed by atoms with Gasteiger partial charge in [-0.15, -0.1) is 0 Å². The van der Waals surface area contributed by atoms with Gasteiger partial charge in [0.2, 0.25) is 5.95 Å². The average molecular weight is 339 g/mol. The van der Waals surface area contributed by atoms with Crippen LogP contribution in [0.5, 0.6) is 0 Å². The van der Waals surface area contributed by atoms with Crippen molar-refractivity contribution in [2.75, 3.05) is 55.7 Å². The van der Waals surface area contributed by atoms with Crippen LogP contribution in [-0.4, -0.2) is 65.8 Å². The third-order valence-electron chi connectivity index (χ3n) is 5.05. The Morgan fingerprint density at radius 2 is 1.80 bits per heavy atom. The summed E-state index contributed by atoms with van der Waals surface area (Å²) in [7, 11) is 0. The van der Waals surface area contributed by atoms with Crippen molar-refractivity contribution in [1.82, 2.24) is 14.9 Å². The summed E-state index contributed by atoms with van der Waals surface area (Å²) in [6, 6.07) is 10.4. The number of aromatic nitrogens is 2. The maximum Gasteiger partial charge on any atom is 0.225 e. The van der Waals surface area contributed by atoms with Gasteiger partial charge in [0.25, 0.3) is 0 Å². The number of piperazine rings is 1. The SMILES string of the molecule is OCCCN1CCN(c2ncc3c(n2)CCN3c2ccccc2)CC1. The maximum absolute atomic E-state index is 8.96. The van der Waals surface area contributed by atoms with Crippen LogP contribution in [0.4, 0.5) is 17.3 Å². The van der Waals surface area contributed by atoms with Crippen molar-refractivity contribution in [1.29, 1.82) is 0 Å². The molecule has 0 saturated carbocycles. The molecule has 6 nitrogen and oxygen atoms in total. The summed E-state index contributed by atoms with van der Waals surface area (Å²) in [5, 5.41) is 8.96. The molecule has 0 atom stereocenters. The number of aliphatic hydroxyl groups excluding tert-OH is 1. The number of aliphatic hydroxyl groups is 1. The lowest BCUT2D eigenvalue weighted by molar-refractivity contribution is 0.215. The summed E-state index contributed by atoms with van der Waals surface area (Å²) in [5.41, 5.74) is 3.49. The van der Waals surface area contributed by atoms with Crippen LogP contribution in [0.2, 0.25) is 0 Å². The van der Waals surface area contributed by atoms with Gasteiger partial charge in [-0.2, -0.15) is 0 Å². The molecule has 3 heterocycles. The van der Waals surface area contributed by atoms with Gasteiger partial charge in [0.1, 0.15) is 0 Å². The number of anilines is 3. The monoisotopic (exact) mass is 339 g/mol. The Morgan fingerprint density at radius 3 is 2.56 bits per heavy atom. The number of fused-ring (bicyclic) bond motifs is 1. The quantitative estimate of drug-likeness (QED) is 0.894. The molecule has 4 rings (SSSR count). The molecule has 2 aliphatic heterocycles. The fraction of sp³-hybridized carbons (Fsp3) is 0.474.